The Kier molecular flexibility index (Phi) is 7.21. The molecule has 0 atom stereocenters. The fourth-order valence-corrected chi connectivity index (χ4v) is 3.62. The molecule has 0 aliphatic carbocycles. The molecule has 0 unspecified atom stereocenters. The highest BCUT2D eigenvalue weighted by Gasteiger charge is 2.08. The number of nitrogens with one attached hydrogen (secondary N) is 1. The third-order valence-electron chi connectivity index (χ3n) is 3.12. The molecule has 0 aliphatic rings. The summed E-state index contributed by atoms with van der Waals surface area (Å²) in [5.41, 5.74) is 8.32. The van der Waals surface area contributed by atoms with E-state index in [9.17, 15) is 9.59 Å². The van der Waals surface area contributed by atoms with Crippen LogP contribution in [0, 0.1) is 6.92 Å². The third-order valence-corrected chi connectivity index (χ3v) is 5.22. The number of primary amides is 1. The molecule has 0 aliphatic heterocycles. The number of nitrogens with two attached hydrogens (primary N) is 1. The molecule has 2 aromatic carbocycles. The van der Waals surface area contributed by atoms with Crippen molar-refractivity contribution < 1.29 is 9.59 Å². The average Bonchev–Trinajstić information content (AvgIpc) is 2.54. The zero-order valence-electron chi connectivity index (χ0n) is 13.5. The summed E-state index contributed by atoms with van der Waals surface area (Å²) >= 11 is 2.90. The number of rotatable bonds is 8. The minimum Gasteiger partial charge on any atom is -0.369 e. The number of aryl methyl sites for hydroxylation is 1. The van der Waals surface area contributed by atoms with Gasteiger partial charge in [-0.3, -0.25) is 9.59 Å². The van der Waals surface area contributed by atoms with E-state index in [1.807, 2.05) is 30.3 Å². The summed E-state index contributed by atoms with van der Waals surface area (Å²) in [4.78, 5) is 23.9. The van der Waals surface area contributed by atoms with E-state index < -0.39 is 0 Å². The minimum absolute atomic E-state index is 0.0558. The summed E-state index contributed by atoms with van der Waals surface area (Å²) in [6, 6.07) is 15.7. The number of thioether (sulfide) groups is 2. The van der Waals surface area contributed by atoms with Crippen LogP contribution in [0.3, 0.4) is 0 Å². The molecule has 0 bridgehead atoms. The van der Waals surface area contributed by atoms with Crippen LogP contribution in [0.4, 0.5) is 5.69 Å². The molecule has 4 nitrogen and oxygen atoms in total. The van der Waals surface area contributed by atoms with Gasteiger partial charge < -0.3 is 11.1 Å². The van der Waals surface area contributed by atoms with Gasteiger partial charge in [-0.15, -0.1) is 23.5 Å². The zero-order chi connectivity index (χ0) is 17.4. The zero-order valence-corrected chi connectivity index (χ0v) is 15.1. The first-order valence-electron chi connectivity index (χ1n) is 7.48. The lowest BCUT2D eigenvalue weighted by Gasteiger charge is -2.10. The van der Waals surface area contributed by atoms with Gasteiger partial charge in [-0.25, -0.2) is 0 Å². The van der Waals surface area contributed by atoms with Crippen molar-refractivity contribution in [3.63, 3.8) is 0 Å². The fraction of sp³-hybridized carbons (Fsp3) is 0.222. The van der Waals surface area contributed by atoms with Crippen LogP contribution in [0.5, 0.6) is 0 Å². The summed E-state index contributed by atoms with van der Waals surface area (Å²) in [7, 11) is 0. The summed E-state index contributed by atoms with van der Waals surface area (Å²) in [5.74, 6) is 0.930. The fourth-order valence-electron chi connectivity index (χ4n) is 2.09. The molecule has 24 heavy (non-hydrogen) atoms. The van der Waals surface area contributed by atoms with E-state index in [0.717, 1.165) is 10.6 Å². The van der Waals surface area contributed by atoms with E-state index >= 15 is 0 Å². The maximum absolute atomic E-state index is 12.1. The molecule has 2 aromatic rings. The van der Waals surface area contributed by atoms with E-state index in [1.54, 1.807) is 11.8 Å². The Balaban J connectivity index is 1.85. The molecule has 0 saturated carbocycles. The highest BCUT2D eigenvalue weighted by atomic mass is 32.2. The van der Waals surface area contributed by atoms with Gasteiger partial charge in [0.2, 0.25) is 11.8 Å². The number of carbonyl (C=O) groups is 2. The second-order valence-corrected chi connectivity index (χ2v) is 7.28. The van der Waals surface area contributed by atoms with Gasteiger partial charge in [0.25, 0.3) is 0 Å². The lowest BCUT2D eigenvalue weighted by Crippen LogP contribution is -2.16. The molecular weight excluding hydrogens is 340 g/mol. The first kappa shape index (κ1) is 18.4. The van der Waals surface area contributed by atoms with Gasteiger partial charge in [0.15, 0.2) is 0 Å². The van der Waals surface area contributed by atoms with Crippen molar-refractivity contribution in [2.24, 2.45) is 5.73 Å². The maximum atomic E-state index is 12.1. The number of carbonyl (C=O) groups excluding carboxylic acids is 2. The largest absolute Gasteiger partial charge is 0.369 e. The molecule has 0 aromatic heterocycles. The number of hydrogen-bond acceptors (Lipinski definition) is 4. The Bertz CT molecular complexity index is 720. The van der Waals surface area contributed by atoms with E-state index in [0.29, 0.717) is 11.4 Å². The molecule has 2 amide bonds. The van der Waals surface area contributed by atoms with Gasteiger partial charge in [0.1, 0.15) is 0 Å². The van der Waals surface area contributed by atoms with Crippen molar-refractivity contribution in [1.29, 1.82) is 0 Å². The Morgan fingerprint density at radius 2 is 1.88 bits per heavy atom. The van der Waals surface area contributed by atoms with E-state index in [1.165, 1.54) is 22.9 Å². The number of anilines is 1. The first-order valence-corrected chi connectivity index (χ1v) is 9.62. The first-order chi connectivity index (χ1) is 11.5. The quantitative estimate of drug-likeness (QED) is 0.707. The molecule has 0 radical (unpaired) electrons. The predicted molar refractivity (Wildman–Crippen MR) is 102 cm³/mol. The van der Waals surface area contributed by atoms with Crippen molar-refractivity contribution in [1.82, 2.24) is 0 Å². The van der Waals surface area contributed by atoms with Crippen molar-refractivity contribution in [2.45, 2.75) is 17.6 Å². The lowest BCUT2D eigenvalue weighted by molar-refractivity contribution is -0.115. The van der Waals surface area contributed by atoms with Crippen molar-refractivity contribution in [3.05, 3.63) is 59.7 Å². The van der Waals surface area contributed by atoms with E-state index in [2.05, 4.69) is 30.4 Å². The average molecular weight is 361 g/mol. The van der Waals surface area contributed by atoms with Crippen molar-refractivity contribution in [2.75, 3.05) is 16.8 Å². The Labute approximate surface area is 150 Å². The Morgan fingerprint density at radius 1 is 1.08 bits per heavy atom. The second-order valence-electron chi connectivity index (χ2n) is 5.28. The standard InChI is InChI=1S/C18H20N2O2S2/c1-13-5-4-6-14(9-13)10-23-12-18(22)20-15-7-2-3-8-16(15)24-11-17(19)21/h2-9H,10-12H2,1H3,(H2,19,21)(H,20,22). The predicted octanol–water partition coefficient (Wildman–Crippen LogP) is 3.44. The topological polar surface area (TPSA) is 72.2 Å². The summed E-state index contributed by atoms with van der Waals surface area (Å²) in [6.45, 7) is 2.06. The molecule has 0 saturated heterocycles. The van der Waals surface area contributed by atoms with Gasteiger partial charge in [0, 0.05) is 10.6 Å². The van der Waals surface area contributed by atoms with Crippen LogP contribution >= 0.6 is 23.5 Å². The lowest BCUT2D eigenvalue weighted by atomic mass is 10.2. The molecule has 6 heteroatoms. The number of hydrogen-bond donors (Lipinski definition) is 2. The smallest absolute Gasteiger partial charge is 0.234 e. The minimum atomic E-state index is -0.380. The summed E-state index contributed by atoms with van der Waals surface area (Å²) in [5, 5.41) is 2.90. The van der Waals surface area contributed by atoms with Crippen LogP contribution in [-0.2, 0) is 15.3 Å². The molecule has 0 spiro atoms. The van der Waals surface area contributed by atoms with Crippen LogP contribution in [0.25, 0.3) is 0 Å². The number of para-hydroxylation sites is 1. The normalized spacial score (nSPS) is 10.4. The molecule has 126 valence electrons. The number of amides is 2. The van der Waals surface area contributed by atoms with Gasteiger partial charge >= 0.3 is 0 Å². The van der Waals surface area contributed by atoms with Gasteiger partial charge in [-0.1, -0.05) is 42.0 Å². The van der Waals surface area contributed by atoms with Gasteiger partial charge in [-0.2, -0.15) is 0 Å². The second kappa shape index (κ2) is 9.39. The van der Waals surface area contributed by atoms with Gasteiger partial charge in [0.05, 0.1) is 17.2 Å². The van der Waals surface area contributed by atoms with Crippen LogP contribution < -0.4 is 11.1 Å². The van der Waals surface area contributed by atoms with Crippen LogP contribution in [-0.4, -0.2) is 23.3 Å². The summed E-state index contributed by atoms with van der Waals surface area (Å²) in [6.07, 6.45) is 0. The Morgan fingerprint density at radius 3 is 2.62 bits per heavy atom. The molecule has 0 heterocycles. The van der Waals surface area contributed by atoms with Crippen LogP contribution in [0.15, 0.2) is 53.4 Å². The van der Waals surface area contributed by atoms with E-state index in [4.69, 9.17) is 5.73 Å². The molecular formula is C18H20N2O2S2. The maximum Gasteiger partial charge on any atom is 0.234 e. The molecule has 0 fully saturated rings. The molecule has 3 N–H and O–H groups in total. The van der Waals surface area contributed by atoms with Crippen molar-refractivity contribution >= 4 is 41.0 Å². The Hall–Kier alpha value is -1.92. The van der Waals surface area contributed by atoms with Crippen LogP contribution in [0.2, 0.25) is 0 Å². The SMILES string of the molecule is Cc1cccc(CSCC(=O)Nc2ccccc2SCC(N)=O)c1. The van der Waals surface area contributed by atoms with Gasteiger partial charge in [-0.05, 0) is 24.6 Å². The van der Waals surface area contributed by atoms with Crippen molar-refractivity contribution in [3.8, 4) is 0 Å². The highest BCUT2D eigenvalue weighted by Crippen LogP contribution is 2.27. The van der Waals surface area contributed by atoms with Crippen LogP contribution in [0.1, 0.15) is 11.1 Å². The third kappa shape index (κ3) is 6.29. The monoisotopic (exact) mass is 360 g/mol. The van der Waals surface area contributed by atoms with E-state index in [-0.39, 0.29) is 17.6 Å². The molecule has 2 rings (SSSR count). The summed E-state index contributed by atoms with van der Waals surface area (Å²) < 4.78 is 0. The highest BCUT2D eigenvalue weighted by molar-refractivity contribution is 8.00. The number of benzene rings is 2.